The normalized spacial score (nSPS) is 18.5. The number of amides is 6. The summed E-state index contributed by atoms with van der Waals surface area (Å²) < 4.78 is 16.9. The number of aliphatic imine (C=N–C) groups is 1. The molecule has 15 nitrogen and oxygen atoms in total. The van der Waals surface area contributed by atoms with Crippen molar-refractivity contribution in [1.29, 1.82) is 0 Å². The van der Waals surface area contributed by atoms with Crippen molar-refractivity contribution < 1.29 is 23.4 Å². The lowest BCUT2D eigenvalue weighted by Gasteiger charge is -2.20. The number of rotatable bonds is 11. The molecule has 0 fully saturated rings. The number of fused-ring (bicyclic) bond motifs is 2. The van der Waals surface area contributed by atoms with Gasteiger partial charge in [0.1, 0.15) is 10.7 Å². The van der Waals surface area contributed by atoms with Crippen LogP contribution in [0.15, 0.2) is 31.6 Å². The summed E-state index contributed by atoms with van der Waals surface area (Å²) >= 11 is 0. The summed E-state index contributed by atoms with van der Waals surface area (Å²) in [5, 5.41) is 16.7. The van der Waals surface area contributed by atoms with Crippen molar-refractivity contribution in [3.05, 3.63) is 44.8 Å². The van der Waals surface area contributed by atoms with Crippen LogP contribution >= 0.6 is 0 Å². The minimum absolute atomic E-state index is 0.117. The number of imide groups is 1. The number of carbonyl (C=O) groups excluding carboxylic acids is 4. The fourth-order valence-corrected chi connectivity index (χ4v) is 6.77. The van der Waals surface area contributed by atoms with Crippen LogP contribution in [-0.4, -0.2) is 83.5 Å². The zero-order valence-electron chi connectivity index (χ0n) is 27.7. The lowest BCUT2D eigenvalue weighted by atomic mass is 9.90. The second-order valence-corrected chi connectivity index (χ2v) is 14.3. The van der Waals surface area contributed by atoms with E-state index in [1.807, 2.05) is 13.8 Å². The Hall–Kier alpha value is -4.15. The topological polar surface area (TPSA) is 226 Å². The van der Waals surface area contributed by atoms with E-state index >= 15 is 0 Å². The average molecular weight is 671 g/mol. The van der Waals surface area contributed by atoms with E-state index in [1.165, 1.54) is 11.9 Å². The summed E-state index contributed by atoms with van der Waals surface area (Å²) in [4.78, 5) is 60.3. The molecule has 2 aliphatic carbocycles. The first-order valence-electron chi connectivity index (χ1n) is 15.8. The Morgan fingerprint density at radius 3 is 2.45 bits per heavy atom. The molecule has 0 saturated heterocycles. The minimum atomic E-state index is -3.88. The van der Waals surface area contributed by atoms with Gasteiger partial charge in [-0.2, -0.15) is 0 Å². The summed E-state index contributed by atoms with van der Waals surface area (Å²) in [5.41, 5.74) is 11.8. The standard InChI is InChI=1S/C31H46N10O5S/c1-6-19-18(2)17-41(28(19)43)30(45)37-15-13-35-12-14-36-27(42)23(34-5)16-24(32)47(33,46)40-29(44)39-25-20-8-7-9-22(20)38-26-21(25)10-11-31(26,3)4/h16,35H,6-15,17,32H2,1-5H3,(H,36,42)(H,37,45)(H3,33,38,39,40,44,46)/b24-16+,34-23?. The van der Waals surface area contributed by atoms with Crippen LogP contribution in [0, 0.1) is 0 Å². The van der Waals surface area contributed by atoms with Crippen LogP contribution in [0.25, 0.3) is 0 Å². The van der Waals surface area contributed by atoms with Crippen molar-refractivity contribution >= 4 is 45.2 Å². The van der Waals surface area contributed by atoms with E-state index < -0.39 is 32.9 Å². The highest BCUT2D eigenvalue weighted by molar-refractivity contribution is 7.95. The molecule has 6 amide bonds. The van der Waals surface area contributed by atoms with Crippen molar-refractivity contribution in [2.45, 2.75) is 71.6 Å². The summed E-state index contributed by atoms with van der Waals surface area (Å²) in [6, 6.07) is -1.34. The van der Waals surface area contributed by atoms with Gasteiger partial charge >= 0.3 is 12.1 Å². The Balaban J connectivity index is 1.27. The number of nitrogens with two attached hydrogens (primary N) is 2. The molecule has 0 aromatic carbocycles. The van der Waals surface area contributed by atoms with Crippen molar-refractivity contribution in [3.8, 4) is 0 Å². The molecular weight excluding hydrogens is 624 g/mol. The molecular formula is C31H46N10O5S. The second kappa shape index (κ2) is 14.7. The highest BCUT2D eigenvalue weighted by Gasteiger charge is 2.36. The highest BCUT2D eigenvalue weighted by Crippen LogP contribution is 2.44. The van der Waals surface area contributed by atoms with Crippen molar-refractivity contribution in [2.75, 3.05) is 45.1 Å². The first-order valence-corrected chi connectivity index (χ1v) is 17.4. The maximum Gasteiger partial charge on any atom is 0.354 e. The number of aromatic nitrogens is 1. The molecule has 1 aliphatic heterocycles. The van der Waals surface area contributed by atoms with E-state index in [4.69, 9.17) is 15.9 Å². The Labute approximate surface area is 275 Å². The fraction of sp³-hybridized carbons (Fsp3) is 0.548. The van der Waals surface area contributed by atoms with Crippen LogP contribution in [0.1, 0.15) is 69.5 Å². The predicted octanol–water partition coefficient (Wildman–Crippen LogP) is 1.52. The zero-order valence-corrected chi connectivity index (χ0v) is 28.6. The summed E-state index contributed by atoms with van der Waals surface area (Å²) in [7, 11) is -2.52. The predicted molar refractivity (Wildman–Crippen MR) is 181 cm³/mol. The second-order valence-electron chi connectivity index (χ2n) is 12.5. The third-order valence-corrected chi connectivity index (χ3v) is 9.91. The highest BCUT2D eigenvalue weighted by atomic mass is 32.2. The number of hydrogen-bond acceptors (Lipinski definition) is 9. The lowest BCUT2D eigenvalue weighted by Crippen LogP contribution is -2.44. The fourth-order valence-electron chi connectivity index (χ4n) is 6.09. The van der Waals surface area contributed by atoms with Crippen LogP contribution in [0.2, 0.25) is 0 Å². The number of carbonyl (C=O) groups is 4. The van der Waals surface area contributed by atoms with E-state index in [0.717, 1.165) is 66.3 Å². The lowest BCUT2D eigenvalue weighted by molar-refractivity contribution is -0.123. The third-order valence-electron chi connectivity index (χ3n) is 8.68. The van der Waals surface area contributed by atoms with Gasteiger partial charge in [-0.1, -0.05) is 20.8 Å². The molecule has 1 aromatic heterocycles. The molecule has 2 heterocycles. The van der Waals surface area contributed by atoms with Gasteiger partial charge in [0, 0.05) is 56.0 Å². The smallest absolute Gasteiger partial charge is 0.354 e. The third kappa shape index (κ3) is 8.05. The number of pyridine rings is 1. The minimum Gasteiger partial charge on any atom is -0.390 e. The molecule has 47 heavy (non-hydrogen) atoms. The monoisotopic (exact) mass is 670 g/mol. The Bertz CT molecular complexity index is 1690. The first kappa shape index (κ1) is 35.7. The zero-order chi connectivity index (χ0) is 34.5. The van der Waals surface area contributed by atoms with Gasteiger partial charge in [0.15, 0.2) is 9.92 Å². The number of aryl methyl sites for hydroxylation is 1. The van der Waals surface area contributed by atoms with Crippen LogP contribution in [-0.2, 0) is 44.2 Å². The molecule has 0 bridgehead atoms. The van der Waals surface area contributed by atoms with Gasteiger partial charge in [-0.15, -0.1) is 4.36 Å². The maximum atomic E-state index is 13.2. The molecule has 0 saturated carbocycles. The van der Waals surface area contributed by atoms with E-state index in [2.05, 4.69) is 44.5 Å². The summed E-state index contributed by atoms with van der Waals surface area (Å²) in [5.74, 6) is -0.860. The van der Waals surface area contributed by atoms with E-state index in [1.54, 1.807) is 0 Å². The van der Waals surface area contributed by atoms with Crippen LogP contribution < -0.4 is 32.1 Å². The average Bonchev–Trinajstić information content (AvgIpc) is 3.69. The van der Waals surface area contributed by atoms with Crippen LogP contribution in [0.3, 0.4) is 0 Å². The molecule has 256 valence electrons. The molecule has 0 spiro atoms. The van der Waals surface area contributed by atoms with Gasteiger partial charge in [-0.05, 0) is 62.1 Å². The van der Waals surface area contributed by atoms with Gasteiger partial charge < -0.3 is 27.0 Å². The number of nitrogens with zero attached hydrogens (tertiary/aromatic N) is 4. The Morgan fingerprint density at radius 2 is 1.79 bits per heavy atom. The van der Waals surface area contributed by atoms with E-state index in [9.17, 15) is 23.4 Å². The van der Waals surface area contributed by atoms with E-state index in [0.29, 0.717) is 37.3 Å². The molecule has 1 atom stereocenters. The van der Waals surface area contributed by atoms with Crippen LogP contribution in [0.4, 0.5) is 15.3 Å². The SMILES string of the molecule is CCC1=C(C)CN(C(=O)NCCNCCNC(=O)C(/C=C(\N)S(N)(=O)=NC(=O)Nc2c3c(nc4c2CCC4(C)C)CCC3)=NC)C1=O. The van der Waals surface area contributed by atoms with Crippen molar-refractivity contribution in [3.63, 3.8) is 0 Å². The summed E-state index contributed by atoms with van der Waals surface area (Å²) in [6.45, 7) is 9.53. The molecule has 3 aliphatic rings. The van der Waals surface area contributed by atoms with Gasteiger partial charge in [0.25, 0.3) is 11.8 Å². The van der Waals surface area contributed by atoms with Crippen LogP contribution in [0.5, 0.6) is 0 Å². The van der Waals surface area contributed by atoms with Gasteiger partial charge in [-0.25, -0.2) is 18.9 Å². The van der Waals surface area contributed by atoms with Gasteiger partial charge in [-0.3, -0.25) is 24.5 Å². The van der Waals surface area contributed by atoms with Gasteiger partial charge in [0.05, 0.1) is 17.9 Å². The van der Waals surface area contributed by atoms with Crippen molar-refractivity contribution in [2.24, 2.45) is 20.2 Å². The molecule has 4 rings (SSSR count). The number of urea groups is 2. The Kier molecular flexibility index (Phi) is 11.2. The Morgan fingerprint density at radius 1 is 1.09 bits per heavy atom. The largest absolute Gasteiger partial charge is 0.390 e. The number of nitrogens with one attached hydrogen (secondary N) is 4. The maximum absolute atomic E-state index is 13.2. The van der Waals surface area contributed by atoms with Gasteiger partial charge in [0.2, 0.25) is 0 Å². The molecule has 1 aromatic rings. The van der Waals surface area contributed by atoms with E-state index in [-0.39, 0.29) is 30.1 Å². The first-order chi connectivity index (χ1) is 22.2. The molecule has 8 N–H and O–H groups in total. The molecule has 0 radical (unpaired) electrons. The van der Waals surface area contributed by atoms with Crippen molar-refractivity contribution in [1.82, 2.24) is 25.8 Å². The molecule has 1 unspecified atom stereocenters. The molecule has 16 heteroatoms. The quantitative estimate of drug-likeness (QED) is 0.149. The number of anilines is 1. The summed E-state index contributed by atoms with van der Waals surface area (Å²) in [6.07, 6.45) is 5.83. The number of hydrogen-bond donors (Lipinski definition) is 6.